The van der Waals surface area contributed by atoms with Crippen LogP contribution in [0.1, 0.15) is 77.6 Å². The van der Waals surface area contributed by atoms with E-state index in [1.54, 1.807) is 0 Å². The number of hydrogen-bond donors (Lipinski definition) is 0. The first kappa shape index (κ1) is 16.3. The minimum absolute atomic E-state index is 0.0857. The summed E-state index contributed by atoms with van der Waals surface area (Å²) in [6, 6.07) is 13.9. The van der Waals surface area contributed by atoms with Crippen LogP contribution < -0.4 is 0 Å². The summed E-state index contributed by atoms with van der Waals surface area (Å²) in [5.74, 6) is 0. The summed E-state index contributed by atoms with van der Waals surface area (Å²) in [4.78, 5) is 0. The molecule has 1 aliphatic rings. The normalized spacial score (nSPS) is 16.2. The number of rotatable bonds is 0. The number of hydrogen-bond acceptors (Lipinski definition) is 0. The first-order valence-corrected chi connectivity index (χ1v) is 8.73. The van der Waals surface area contributed by atoms with Crippen molar-refractivity contribution in [1.82, 2.24) is 0 Å². The van der Waals surface area contributed by atoms with E-state index < -0.39 is 0 Å². The third-order valence-electron chi connectivity index (χ3n) is 5.34. The maximum atomic E-state index is 2.50. The largest absolute Gasteiger partial charge is 0.0619 e. The van der Waals surface area contributed by atoms with Gasteiger partial charge in [0, 0.05) is 5.41 Å². The van der Waals surface area contributed by atoms with Crippen LogP contribution in [0.25, 0.3) is 11.1 Å². The average Bonchev–Trinajstić information content (AvgIpc) is 2.65. The first-order chi connectivity index (χ1) is 10.4. The van der Waals surface area contributed by atoms with Crippen LogP contribution in [0.3, 0.4) is 0 Å². The lowest BCUT2D eigenvalue weighted by atomic mass is 9.72. The summed E-state index contributed by atoms with van der Waals surface area (Å²) in [7, 11) is 0. The van der Waals surface area contributed by atoms with E-state index in [0.29, 0.717) is 0 Å². The van der Waals surface area contributed by atoms with Crippen molar-refractivity contribution in [3.05, 3.63) is 58.7 Å². The Bertz CT molecular complexity index is 762. The molecule has 0 atom stereocenters. The van der Waals surface area contributed by atoms with Gasteiger partial charge in [-0.3, -0.25) is 0 Å². The second kappa shape index (κ2) is 4.72. The average molecular weight is 306 g/mol. The highest BCUT2D eigenvalue weighted by Crippen LogP contribution is 2.51. The maximum Gasteiger partial charge on any atom is 0.0158 e. The second-order valence-electron chi connectivity index (χ2n) is 9.61. The first-order valence-electron chi connectivity index (χ1n) is 8.73. The highest BCUT2D eigenvalue weighted by Gasteiger charge is 2.38. The monoisotopic (exact) mass is 306 g/mol. The van der Waals surface area contributed by atoms with Gasteiger partial charge in [0.25, 0.3) is 0 Å². The summed E-state index contributed by atoms with van der Waals surface area (Å²) in [5, 5.41) is 0. The Kier molecular flexibility index (Phi) is 3.35. The van der Waals surface area contributed by atoms with E-state index in [4.69, 9.17) is 0 Å². The summed E-state index contributed by atoms with van der Waals surface area (Å²) >= 11 is 0. The molecule has 2 aromatic carbocycles. The van der Waals surface area contributed by atoms with Gasteiger partial charge in [-0.1, -0.05) is 91.8 Å². The molecule has 0 unspecified atom stereocenters. The van der Waals surface area contributed by atoms with E-state index in [2.05, 4.69) is 91.8 Å². The molecule has 0 radical (unpaired) electrons. The van der Waals surface area contributed by atoms with Gasteiger partial charge in [-0.2, -0.15) is 0 Å². The molecule has 0 aromatic heterocycles. The van der Waals surface area contributed by atoms with Crippen LogP contribution in [0.15, 0.2) is 36.4 Å². The van der Waals surface area contributed by atoms with Crippen LogP contribution in [0, 0.1) is 0 Å². The van der Waals surface area contributed by atoms with Crippen molar-refractivity contribution in [2.24, 2.45) is 0 Å². The topological polar surface area (TPSA) is 0 Å². The Labute approximate surface area is 141 Å². The van der Waals surface area contributed by atoms with Gasteiger partial charge >= 0.3 is 0 Å². The van der Waals surface area contributed by atoms with Crippen molar-refractivity contribution in [2.45, 2.75) is 71.6 Å². The smallest absolute Gasteiger partial charge is 0.0158 e. The van der Waals surface area contributed by atoms with Crippen molar-refractivity contribution in [3.63, 3.8) is 0 Å². The highest BCUT2D eigenvalue weighted by atomic mass is 14.4. The molecule has 0 heteroatoms. The van der Waals surface area contributed by atoms with E-state index >= 15 is 0 Å². The van der Waals surface area contributed by atoms with Gasteiger partial charge in [-0.15, -0.1) is 0 Å². The standard InChI is InChI=1S/C23H30/c1-21(2,3)19-13-16-15-11-9-10-12-17(15)23(7,8)18(16)14-20(19)22(4,5)6/h9-14H,1-8H3. The van der Waals surface area contributed by atoms with Crippen LogP contribution in [0.5, 0.6) is 0 Å². The molecular formula is C23H30. The molecule has 0 N–H and O–H groups in total. The van der Waals surface area contributed by atoms with Gasteiger partial charge in [-0.25, -0.2) is 0 Å². The minimum Gasteiger partial charge on any atom is -0.0619 e. The van der Waals surface area contributed by atoms with Gasteiger partial charge in [0.05, 0.1) is 0 Å². The Morgan fingerprint density at radius 3 is 1.74 bits per heavy atom. The lowest BCUT2D eigenvalue weighted by Crippen LogP contribution is -2.24. The molecule has 0 aliphatic heterocycles. The van der Waals surface area contributed by atoms with Crippen molar-refractivity contribution < 1.29 is 0 Å². The van der Waals surface area contributed by atoms with Gasteiger partial charge in [0.15, 0.2) is 0 Å². The summed E-state index contributed by atoms with van der Waals surface area (Å²) < 4.78 is 0. The Balaban J connectivity index is 2.39. The van der Waals surface area contributed by atoms with Crippen LogP contribution in [0.4, 0.5) is 0 Å². The SMILES string of the molecule is CC(C)(C)c1cc2c(cc1C(C)(C)C)C(C)(C)c1ccccc1-2. The molecule has 23 heavy (non-hydrogen) atoms. The third-order valence-corrected chi connectivity index (χ3v) is 5.34. The van der Waals surface area contributed by atoms with Crippen molar-refractivity contribution in [3.8, 4) is 11.1 Å². The molecule has 0 nitrogen and oxygen atoms in total. The van der Waals surface area contributed by atoms with Gasteiger partial charge in [0.2, 0.25) is 0 Å². The minimum atomic E-state index is 0.0857. The molecule has 1 aliphatic carbocycles. The molecule has 0 amide bonds. The zero-order valence-corrected chi connectivity index (χ0v) is 16.0. The van der Waals surface area contributed by atoms with Crippen molar-refractivity contribution in [2.75, 3.05) is 0 Å². The summed E-state index contributed by atoms with van der Waals surface area (Å²) in [5.41, 5.74) is 9.16. The molecule has 3 rings (SSSR count). The third kappa shape index (κ3) is 2.43. The van der Waals surface area contributed by atoms with Crippen LogP contribution in [0.2, 0.25) is 0 Å². The Morgan fingerprint density at radius 1 is 0.652 bits per heavy atom. The van der Waals surface area contributed by atoms with Gasteiger partial charge in [0.1, 0.15) is 0 Å². The maximum absolute atomic E-state index is 2.50. The Morgan fingerprint density at radius 2 is 1.17 bits per heavy atom. The molecule has 0 saturated carbocycles. The fourth-order valence-electron chi connectivity index (χ4n) is 3.99. The van der Waals surface area contributed by atoms with E-state index in [1.807, 2.05) is 0 Å². The van der Waals surface area contributed by atoms with E-state index in [1.165, 1.54) is 33.4 Å². The fourth-order valence-corrected chi connectivity index (χ4v) is 3.99. The van der Waals surface area contributed by atoms with Gasteiger partial charge < -0.3 is 0 Å². The van der Waals surface area contributed by atoms with E-state index in [-0.39, 0.29) is 16.2 Å². The molecule has 122 valence electrons. The molecule has 0 bridgehead atoms. The molecule has 0 saturated heterocycles. The lowest BCUT2D eigenvalue weighted by molar-refractivity contribution is 0.527. The molecule has 2 aromatic rings. The van der Waals surface area contributed by atoms with Crippen LogP contribution >= 0.6 is 0 Å². The molecule has 0 spiro atoms. The zero-order chi connectivity index (χ0) is 17.2. The number of fused-ring (bicyclic) bond motifs is 3. The van der Waals surface area contributed by atoms with Crippen LogP contribution in [-0.4, -0.2) is 0 Å². The van der Waals surface area contributed by atoms with E-state index in [9.17, 15) is 0 Å². The predicted octanol–water partition coefficient (Wildman–Crippen LogP) is 6.59. The second-order valence-corrected chi connectivity index (χ2v) is 9.61. The molecular weight excluding hydrogens is 276 g/mol. The van der Waals surface area contributed by atoms with Crippen molar-refractivity contribution >= 4 is 0 Å². The van der Waals surface area contributed by atoms with Gasteiger partial charge in [-0.05, 0) is 44.2 Å². The van der Waals surface area contributed by atoms with Crippen molar-refractivity contribution in [1.29, 1.82) is 0 Å². The van der Waals surface area contributed by atoms with Crippen LogP contribution in [-0.2, 0) is 16.2 Å². The summed E-state index contributed by atoms with van der Waals surface area (Å²) in [6.07, 6.45) is 0. The lowest BCUT2D eigenvalue weighted by Gasteiger charge is -2.32. The highest BCUT2D eigenvalue weighted by molar-refractivity contribution is 5.82. The Hall–Kier alpha value is -1.56. The predicted molar refractivity (Wildman–Crippen MR) is 101 cm³/mol. The molecule has 0 heterocycles. The quantitative estimate of drug-likeness (QED) is 0.515. The van der Waals surface area contributed by atoms with E-state index in [0.717, 1.165) is 0 Å². The fraction of sp³-hybridized carbons (Fsp3) is 0.478. The number of benzene rings is 2. The summed E-state index contributed by atoms with van der Waals surface area (Å²) in [6.45, 7) is 18.7. The zero-order valence-electron chi connectivity index (χ0n) is 16.0. The molecule has 0 fully saturated rings.